The minimum absolute atomic E-state index is 0.101. The van der Waals surface area contributed by atoms with Crippen molar-refractivity contribution in [2.45, 2.75) is 45.6 Å². The summed E-state index contributed by atoms with van der Waals surface area (Å²) in [5.74, 6) is 0.442. The molecule has 4 nitrogen and oxygen atoms in total. The number of nitrogens with zero attached hydrogens (tertiary/aromatic N) is 3. The fourth-order valence-corrected chi connectivity index (χ4v) is 1.80. The van der Waals surface area contributed by atoms with E-state index in [1.165, 1.54) is 5.56 Å². The molecule has 0 bridgehead atoms. The molecular formula is C13H20N4. The van der Waals surface area contributed by atoms with E-state index < -0.39 is 0 Å². The summed E-state index contributed by atoms with van der Waals surface area (Å²) in [4.78, 5) is 4.46. The second-order valence-electron chi connectivity index (χ2n) is 5.58. The highest BCUT2D eigenvalue weighted by atomic mass is 15.1. The van der Waals surface area contributed by atoms with Crippen LogP contribution in [0.2, 0.25) is 0 Å². The number of nitrogens with one attached hydrogen (secondary N) is 1. The van der Waals surface area contributed by atoms with E-state index in [0.29, 0.717) is 5.92 Å². The molecule has 2 rings (SSSR count). The van der Waals surface area contributed by atoms with Gasteiger partial charge in [-0.1, -0.05) is 6.92 Å². The van der Waals surface area contributed by atoms with Crippen LogP contribution in [0.5, 0.6) is 0 Å². The number of imidazole rings is 1. The third kappa shape index (κ3) is 2.75. The third-order valence-corrected chi connectivity index (χ3v) is 3.01. The van der Waals surface area contributed by atoms with E-state index in [4.69, 9.17) is 0 Å². The van der Waals surface area contributed by atoms with Crippen LogP contribution in [0.1, 0.15) is 44.9 Å². The summed E-state index contributed by atoms with van der Waals surface area (Å²) < 4.78 is 2.16. The molecule has 2 aromatic heterocycles. The van der Waals surface area contributed by atoms with Gasteiger partial charge < -0.3 is 4.57 Å². The molecule has 0 saturated carbocycles. The van der Waals surface area contributed by atoms with E-state index >= 15 is 0 Å². The van der Waals surface area contributed by atoms with Gasteiger partial charge in [-0.15, -0.1) is 0 Å². The normalized spacial score (nSPS) is 13.9. The Bertz CT molecular complexity index is 462. The van der Waals surface area contributed by atoms with Gasteiger partial charge >= 0.3 is 0 Å². The molecule has 0 aromatic carbocycles. The summed E-state index contributed by atoms with van der Waals surface area (Å²) >= 11 is 0. The Kier molecular flexibility index (Phi) is 3.05. The summed E-state index contributed by atoms with van der Waals surface area (Å²) in [7, 11) is 0. The van der Waals surface area contributed by atoms with Crippen LogP contribution >= 0.6 is 0 Å². The number of rotatable bonds is 3. The maximum Gasteiger partial charge on any atom is 0.0954 e. The number of aromatic amines is 1. The quantitative estimate of drug-likeness (QED) is 0.884. The van der Waals surface area contributed by atoms with Crippen LogP contribution in [0.15, 0.2) is 24.9 Å². The van der Waals surface area contributed by atoms with Crippen molar-refractivity contribution < 1.29 is 0 Å². The van der Waals surface area contributed by atoms with Crippen LogP contribution in [-0.2, 0) is 12.0 Å². The minimum Gasteiger partial charge on any atom is -0.332 e. The largest absolute Gasteiger partial charge is 0.332 e. The average molecular weight is 232 g/mol. The van der Waals surface area contributed by atoms with Gasteiger partial charge in [0, 0.05) is 17.9 Å². The number of hydrogen-bond donors (Lipinski definition) is 1. The van der Waals surface area contributed by atoms with Gasteiger partial charge in [0.2, 0.25) is 0 Å². The smallest absolute Gasteiger partial charge is 0.0954 e. The van der Waals surface area contributed by atoms with Gasteiger partial charge in [0.1, 0.15) is 0 Å². The molecule has 1 atom stereocenters. The van der Waals surface area contributed by atoms with Gasteiger partial charge in [-0.3, -0.25) is 5.10 Å². The first kappa shape index (κ1) is 11.9. The molecule has 0 spiro atoms. The fraction of sp³-hybridized carbons (Fsp3) is 0.538. The summed E-state index contributed by atoms with van der Waals surface area (Å²) in [5.41, 5.74) is 2.47. The van der Waals surface area contributed by atoms with E-state index in [9.17, 15) is 0 Å². The highest BCUT2D eigenvalue weighted by Crippen LogP contribution is 2.20. The molecule has 0 amide bonds. The summed E-state index contributed by atoms with van der Waals surface area (Å²) in [5, 5.41) is 6.83. The first-order chi connectivity index (χ1) is 7.97. The molecule has 0 aliphatic heterocycles. The maximum atomic E-state index is 4.46. The Morgan fingerprint density at radius 3 is 2.71 bits per heavy atom. The van der Waals surface area contributed by atoms with Crippen molar-refractivity contribution in [2.75, 3.05) is 0 Å². The van der Waals surface area contributed by atoms with Crippen molar-refractivity contribution in [3.63, 3.8) is 0 Å². The van der Waals surface area contributed by atoms with Gasteiger partial charge in [-0.05, 0) is 38.7 Å². The lowest BCUT2D eigenvalue weighted by Crippen LogP contribution is -2.19. The first-order valence-electron chi connectivity index (χ1n) is 5.99. The second-order valence-corrected chi connectivity index (χ2v) is 5.58. The van der Waals surface area contributed by atoms with Crippen molar-refractivity contribution in [2.24, 2.45) is 0 Å². The second kappa shape index (κ2) is 4.35. The van der Waals surface area contributed by atoms with Crippen molar-refractivity contribution in [3.8, 4) is 0 Å². The average Bonchev–Trinajstić information content (AvgIpc) is 2.85. The SMILES string of the molecule is CC(Cc1cn(C(C)(C)C)cn1)c1cn[nH]c1. The molecule has 0 fully saturated rings. The fourth-order valence-electron chi connectivity index (χ4n) is 1.80. The lowest BCUT2D eigenvalue weighted by Gasteiger charge is -2.19. The highest BCUT2D eigenvalue weighted by molar-refractivity contribution is 5.13. The molecule has 4 heteroatoms. The zero-order valence-electron chi connectivity index (χ0n) is 10.9. The highest BCUT2D eigenvalue weighted by Gasteiger charge is 2.15. The van der Waals surface area contributed by atoms with E-state index in [1.807, 2.05) is 18.7 Å². The molecular weight excluding hydrogens is 212 g/mol. The van der Waals surface area contributed by atoms with Crippen LogP contribution in [0, 0.1) is 0 Å². The van der Waals surface area contributed by atoms with E-state index in [2.05, 4.69) is 53.6 Å². The molecule has 1 unspecified atom stereocenters. The molecule has 0 saturated heterocycles. The van der Waals surface area contributed by atoms with Gasteiger partial charge in [-0.2, -0.15) is 5.10 Å². The molecule has 2 aromatic rings. The molecule has 2 heterocycles. The summed E-state index contributed by atoms with van der Waals surface area (Å²) in [6.45, 7) is 8.73. The van der Waals surface area contributed by atoms with Crippen LogP contribution in [0.25, 0.3) is 0 Å². The third-order valence-electron chi connectivity index (χ3n) is 3.01. The van der Waals surface area contributed by atoms with Gasteiger partial charge in [0.05, 0.1) is 18.2 Å². The Morgan fingerprint density at radius 2 is 2.18 bits per heavy atom. The topological polar surface area (TPSA) is 46.5 Å². The monoisotopic (exact) mass is 232 g/mol. The van der Waals surface area contributed by atoms with Gasteiger partial charge in [0.25, 0.3) is 0 Å². The Hall–Kier alpha value is -1.58. The summed E-state index contributed by atoms with van der Waals surface area (Å²) in [6.07, 6.45) is 8.83. The number of hydrogen-bond acceptors (Lipinski definition) is 2. The molecule has 17 heavy (non-hydrogen) atoms. The Labute approximate surface area is 102 Å². The minimum atomic E-state index is 0.101. The summed E-state index contributed by atoms with van der Waals surface area (Å²) in [6, 6.07) is 0. The maximum absolute atomic E-state index is 4.46. The van der Waals surface area contributed by atoms with Crippen molar-refractivity contribution in [1.82, 2.24) is 19.7 Å². The van der Waals surface area contributed by atoms with Crippen LogP contribution in [0.4, 0.5) is 0 Å². The molecule has 1 N–H and O–H groups in total. The standard InChI is InChI=1S/C13H20N4/c1-10(11-6-15-16-7-11)5-12-8-17(9-14-12)13(2,3)4/h6-10H,5H2,1-4H3,(H,15,16). The van der Waals surface area contributed by atoms with E-state index in [-0.39, 0.29) is 5.54 Å². The first-order valence-corrected chi connectivity index (χ1v) is 5.99. The van der Waals surface area contributed by atoms with Crippen LogP contribution < -0.4 is 0 Å². The number of aromatic nitrogens is 4. The molecule has 0 aliphatic rings. The van der Waals surface area contributed by atoms with Gasteiger partial charge in [0.15, 0.2) is 0 Å². The predicted octanol–water partition coefficient (Wildman–Crippen LogP) is 2.71. The molecule has 0 radical (unpaired) electrons. The molecule has 0 aliphatic carbocycles. The van der Waals surface area contributed by atoms with Crippen molar-refractivity contribution in [1.29, 1.82) is 0 Å². The zero-order chi connectivity index (χ0) is 12.5. The van der Waals surface area contributed by atoms with Crippen LogP contribution in [0.3, 0.4) is 0 Å². The number of H-pyrrole nitrogens is 1. The Morgan fingerprint density at radius 1 is 1.41 bits per heavy atom. The van der Waals surface area contributed by atoms with Crippen molar-refractivity contribution in [3.05, 3.63) is 36.2 Å². The Balaban J connectivity index is 2.07. The van der Waals surface area contributed by atoms with E-state index in [0.717, 1.165) is 12.1 Å². The van der Waals surface area contributed by atoms with Crippen LogP contribution in [-0.4, -0.2) is 19.7 Å². The van der Waals surface area contributed by atoms with Crippen molar-refractivity contribution >= 4 is 0 Å². The lowest BCUT2D eigenvalue weighted by atomic mass is 10.00. The van der Waals surface area contributed by atoms with E-state index in [1.54, 1.807) is 0 Å². The zero-order valence-corrected chi connectivity index (χ0v) is 10.9. The lowest BCUT2D eigenvalue weighted by molar-refractivity contribution is 0.396. The van der Waals surface area contributed by atoms with Gasteiger partial charge in [-0.25, -0.2) is 4.98 Å². The molecule has 92 valence electrons. The predicted molar refractivity (Wildman–Crippen MR) is 67.9 cm³/mol.